The predicted molar refractivity (Wildman–Crippen MR) is 103 cm³/mol. The van der Waals surface area contributed by atoms with Gasteiger partial charge in [0.25, 0.3) is 0 Å². The lowest BCUT2D eigenvalue weighted by molar-refractivity contribution is -0.150. The second-order valence-corrected chi connectivity index (χ2v) is 8.42. The summed E-state index contributed by atoms with van der Waals surface area (Å²) in [6.45, 7) is 4.08. The number of likely N-dealkylation sites (tertiary alicyclic amines) is 1. The van der Waals surface area contributed by atoms with Crippen LogP contribution in [-0.2, 0) is 24.8 Å². The molecule has 3 aliphatic rings. The third kappa shape index (κ3) is 2.62. The number of nitrogens with zero attached hydrogens (tertiary/aromatic N) is 5. The first kappa shape index (κ1) is 17.3. The van der Waals surface area contributed by atoms with Crippen molar-refractivity contribution in [1.82, 2.24) is 19.2 Å². The topological polar surface area (TPSA) is 72.6 Å². The molecule has 28 heavy (non-hydrogen) atoms. The molecule has 4 heterocycles. The van der Waals surface area contributed by atoms with Gasteiger partial charge in [-0.2, -0.15) is 5.10 Å². The van der Waals surface area contributed by atoms with Crippen LogP contribution >= 0.6 is 0 Å². The van der Waals surface area contributed by atoms with Gasteiger partial charge in [-0.05, 0) is 30.7 Å². The molecule has 0 radical (unpaired) electrons. The van der Waals surface area contributed by atoms with Gasteiger partial charge < -0.3 is 14.5 Å². The van der Waals surface area contributed by atoms with Gasteiger partial charge >= 0.3 is 5.69 Å². The minimum Gasteiger partial charge on any atom is -0.497 e. The maximum absolute atomic E-state index is 12.9. The van der Waals surface area contributed by atoms with Gasteiger partial charge in [0.1, 0.15) is 11.6 Å². The number of carbonyl (C=O) groups is 1. The third-order valence-corrected chi connectivity index (χ3v) is 6.41. The Balaban J connectivity index is 1.17. The minimum atomic E-state index is -0.123. The highest BCUT2D eigenvalue weighted by Crippen LogP contribution is 2.43. The highest BCUT2D eigenvalue weighted by atomic mass is 16.5. The molecule has 0 N–H and O–H groups in total. The lowest BCUT2D eigenvalue weighted by Gasteiger charge is -2.61. The van der Waals surface area contributed by atoms with Crippen molar-refractivity contribution in [2.45, 2.75) is 19.4 Å². The van der Waals surface area contributed by atoms with E-state index in [9.17, 15) is 9.59 Å². The van der Waals surface area contributed by atoms with E-state index in [1.165, 1.54) is 10.4 Å². The van der Waals surface area contributed by atoms with Crippen LogP contribution in [0.25, 0.3) is 0 Å². The van der Waals surface area contributed by atoms with Gasteiger partial charge in [0.15, 0.2) is 0 Å². The molecule has 1 aromatic heterocycles. The molecule has 1 aromatic carbocycles. The minimum absolute atomic E-state index is 0.107. The van der Waals surface area contributed by atoms with Crippen LogP contribution in [0.2, 0.25) is 0 Å². The number of amides is 1. The maximum atomic E-state index is 12.9. The van der Waals surface area contributed by atoms with Crippen molar-refractivity contribution in [3.05, 3.63) is 40.6 Å². The molecule has 5 rings (SSSR count). The van der Waals surface area contributed by atoms with E-state index in [1.54, 1.807) is 18.7 Å². The number of ether oxygens (including phenoxy) is 1. The summed E-state index contributed by atoms with van der Waals surface area (Å²) in [4.78, 5) is 29.4. The monoisotopic (exact) mass is 383 g/mol. The van der Waals surface area contributed by atoms with Crippen LogP contribution in [0.5, 0.6) is 5.75 Å². The van der Waals surface area contributed by atoms with E-state index in [0.29, 0.717) is 13.0 Å². The van der Waals surface area contributed by atoms with Crippen LogP contribution in [0.4, 0.5) is 5.69 Å². The molecule has 1 unspecified atom stereocenters. The van der Waals surface area contributed by atoms with E-state index in [2.05, 4.69) is 22.1 Å². The lowest BCUT2D eigenvalue weighted by atomic mass is 9.72. The summed E-state index contributed by atoms with van der Waals surface area (Å²) in [5, 5.41) is 4.25. The van der Waals surface area contributed by atoms with E-state index in [4.69, 9.17) is 4.74 Å². The smallest absolute Gasteiger partial charge is 0.345 e. The molecule has 0 saturated carbocycles. The number of anilines is 1. The van der Waals surface area contributed by atoms with Crippen LogP contribution in [0.15, 0.2) is 29.1 Å². The Morgan fingerprint density at radius 3 is 2.57 bits per heavy atom. The molecule has 8 heteroatoms. The van der Waals surface area contributed by atoms with Gasteiger partial charge in [-0.1, -0.05) is 0 Å². The molecule has 2 fully saturated rings. The van der Waals surface area contributed by atoms with Crippen molar-refractivity contribution in [2.75, 3.05) is 38.2 Å². The van der Waals surface area contributed by atoms with E-state index in [0.717, 1.165) is 44.2 Å². The van der Waals surface area contributed by atoms with Crippen LogP contribution < -0.4 is 15.3 Å². The molecule has 0 aliphatic carbocycles. The standard InChI is InChI=1S/C20H25N5O3/c1-22-19(27)25-9-14(3-8-17(25)21-22)18(26)24-12-20(13-24)10-23(11-20)15-4-6-16(28-2)7-5-15/h4-7,14H,3,8-13H2,1-2H3. The average Bonchev–Trinajstić information content (AvgIpc) is 2.93. The van der Waals surface area contributed by atoms with Crippen molar-refractivity contribution >= 4 is 11.6 Å². The summed E-state index contributed by atoms with van der Waals surface area (Å²) in [6, 6.07) is 8.13. The number of fused-ring (bicyclic) bond motifs is 1. The number of aromatic nitrogens is 3. The van der Waals surface area contributed by atoms with Crippen LogP contribution in [0.3, 0.4) is 0 Å². The number of hydrogen-bond acceptors (Lipinski definition) is 5. The molecule has 3 aliphatic heterocycles. The van der Waals surface area contributed by atoms with Crippen LogP contribution in [-0.4, -0.2) is 58.4 Å². The predicted octanol–water partition coefficient (Wildman–Crippen LogP) is 0.502. The van der Waals surface area contributed by atoms with E-state index in [-0.39, 0.29) is 22.9 Å². The van der Waals surface area contributed by atoms with Crippen molar-refractivity contribution in [3.63, 3.8) is 0 Å². The Hall–Kier alpha value is -2.77. The zero-order chi connectivity index (χ0) is 19.5. The number of aryl methyl sites for hydroxylation is 2. The molecule has 148 valence electrons. The number of carbonyl (C=O) groups excluding carboxylic acids is 1. The number of benzene rings is 1. The average molecular weight is 383 g/mol. The summed E-state index contributed by atoms with van der Waals surface area (Å²) in [7, 11) is 3.33. The highest BCUT2D eigenvalue weighted by molar-refractivity contribution is 5.80. The summed E-state index contributed by atoms with van der Waals surface area (Å²) >= 11 is 0. The summed E-state index contributed by atoms with van der Waals surface area (Å²) in [5.41, 5.74) is 1.31. The molecule has 1 spiro atoms. The molecule has 1 amide bonds. The first-order valence-corrected chi connectivity index (χ1v) is 9.78. The fraction of sp³-hybridized carbons (Fsp3) is 0.550. The Morgan fingerprint density at radius 2 is 1.89 bits per heavy atom. The van der Waals surface area contributed by atoms with Gasteiger partial charge in [-0.25, -0.2) is 9.48 Å². The molecular formula is C20H25N5O3. The van der Waals surface area contributed by atoms with Gasteiger partial charge in [-0.3, -0.25) is 9.36 Å². The highest BCUT2D eigenvalue weighted by Gasteiger charge is 2.54. The summed E-state index contributed by atoms with van der Waals surface area (Å²) in [5.74, 6) is 1.74. The van der Waals surface area contributed by atoms with Crippen molar-refractivity contribution in [2.24, 2.45) is 18.4 Å². The number of methoxy groups -OCH3 is 1. The summed E-state index contributed by atoms with van der Waals surface area (Å²) in [6.07, 6.45) is 1.47. The van der Waals surface area contributed by atoms with Gasteiger partial charge in [0.2, 0.25) is 5.91 Å². The quantitative estimate of drug-likeness (QED) is 0.772. The zero-order valence-corrected chi connectivity index (χ0v) is 16.3. The first-order chi connectivity index (χ1) is 13.5. The Bertz CT molecular complexity index is 963. The number of hydrogen-bond donors (Lipinski definition) is 0. The largest absolute Gasteiger partial charge is 0.497 e. The zero-order valence-electron chi connectivity index (χ0n) is 16.3. The van der Waals surface area contributed by atoms with Crippen LogP contribution in [0.1, 0.15) is 12.2 Å². The second-order valence-electron chi connectivity index (χ2n) is 8.42. The SMILES string of the molecule is COc1ccc(N2CC3(CN(C(=O)C4CCc5nn(C)c(=O)n5C4)C3)C2)cc1. The fourth-order valence-electron chi connectivity index (χ4n) is 4.86. The Kier molecular flexibility index (Phi) is 3.79. The number of rotatable bonds is 3. The lowest BCUT2D eigenvalue weighted by Crippen LogP contribution is -2.73. The molecule has 2 saturated heterocycles. The third-order valence-electron chi connectivity index (χ3n) is 6.41. The van der Waals surface area contributed by atoms with Crippen molar-refractivity contribution in [3.8, 4) is 5.75 Å². The molecule has 2 aromatic rings. The van der Waals surface area contributed by atoms with Crippen LogP contribution in [0, 0.1) is 11.3 Å². The van der Waals surface area contributed by atoms with E-state index < -0.39 is 0 Å². The molecule has 8 nitrogen and oxygen atoms in total. The fourth-order valence-corrected chi connectivity index (χ4v) is 4.86. The van der Waals surface area contributed by atoms with Gasteiger partial charge in [0, 0.05) is 57.3 Å². The van der Waals surface area contributed by atoms with E-state index >= 15 is 0 Å². The maximum Gasteiger partial charge on any atom is 0.345 e. The summed E-state index contributed by atoms with van der Waals surface area (Å²) < 4.78 is 8.24. The molecule has 0 bridgehead atoms. The Labute approximate surface area is 163 Å². The van der Waals surface area contributed by atoms with Gasteiger partial charge in [-0.15, -0.1) is 0 Å². The first-order valence-electron chi connectivity index (χ1n) is 9.78. The molecule has 1 atom stereocenters. The van der Waals surface area contributed by atoms with Crippen molar-refractivity contribution in [1.29, 1.82) is 0 Å². The molecular weight excluding hydrogens is 358 g/mol. The normalized spacial score (nSPS) is 22.4. The Morgan fingerprint density at radius 1 is 1.18 bits per heavy atom. The van der Waals surface area contributed by atoms with E-state index in [1.807, 2.05) is 17.0 Å². The second kappa shape index (κ2) is 6.12. The van der Waals surface area contributed by atoms with Crippen molar-refractivity contribution < 1.29 is 9.53 Å². The van der Waals surface area contributed by atoms with Gasteiger partial charge in [0.05, 0.1) is 13.0 Å².